The molecular formula is C31H28N2O2. The summed E-state index contributed by atoms with van der Waals surface area (Å²) >= 11 is 0. The quantitative estimate of drug-likeness (QED) is 0.172. The van der Waals surface area contributed by atoms with Gasteiger partial charge in [0.15, 0.2) is 5.78 Å². The van der Waals surface area contributed by atoms with Crippen LogP contribution < -0.4 is 0 Å². The van der Waals surface area contributed by atoms with E-state index in [0.29, 0.717) is 11.1 Å². The van der Waals surface area contributed by atoms with Crippen molar-refractivity contribution in [2.45, 2.75) is 19.8 Å². The standard InChI is InChI=1S/C31H28N2O2/c1-23-18-19-28(20-24(23)2)30(34)29(26-14-8-4-9-15-26)22-33(31(35)27-16-10-5-11-17-27)32-21-25-12-6-3-7-13-25/h3-21,29H,22H2,1-2H3. The molecular weight excluding hydrogens is 432 g/mol. The van der Waals surface area contributed by atoms with E-state index >= 15 is 0 Å². The summed E-state index contributed by atoms with van der Waals surface area (Å²) < 4.78 is 0. The number of hydrogen-bond acceptors (Lipinski definition) is 3. The minimum absolute atomic E-state index is 0.0416. The molecule has 4 aromatic carbocycles. The van der Waals surface area contributed by atoms with Gasteiger partial charge in [-0.1, -0.05) is 91.0 Å². The van der Waals surface area contributed by atoms with Gasteiger partial charge >= 0.3 is 0 Å². The van der Waals surface area contributed by atoms with Crippen LogP contribution in [0.4, 0.5) is 0 Å². The van der Waals surface area contributed by atoms with Crippen LogP contribution in [0.15, 0.2) is 114 Å². The van der Waals surface area contributed by atoms with Gasteiger partial charge in [-0.2, -0.15) is 5.10 Å². The van der Waals surface area contributed by atoms with E-state index in [-0.39, 0.29) is 18.2 Å². The zero-order valence-electron chi connectivity index (χ0n) is 20.0. The van der Waals surface area contributed by atoms with Gasteiger partial charge < -0.3 is 0 Å². The van der Waals surface area contributed by atoms with Gasteiger partial charge in [-0.3, -0.25) is 9.59 Å². The van der Waals surface area contributed by atoms with Crippen LogP contribution in [0.25, 0.3) is 0 Å². The molecule has 0 aliphatic carbocycles. The fourth-order valence-electron chi connectivity index (χ4n) is 3.88. The van der Waals surface area contributed by atoms with Crippen LogP contribution in [-0.2, 0) is 0 Å². The number of benzene rings is 4. The number of ketones is 1. The molecule has 4 rings (SSSR count). The van der Waals surface area contributed by atoms with E-state index in [9.17, 15) is 9.59 Å². The number of amides is 1. The maximum atomic E-state index is 13.8. The number of nitrogens with zero attached hydrogens (tertiary/aromatic N) is 2. The van der Waals surface area contributed by atoms with Crippen LogP contribution in [0.3, 0.4) is 0 Å². The summed E-state index contributed by atoms with van der Waals surface area (Å²) in [7, 11) is 0. The molecule has 0 radical (unpaired) electrons. The molecule has 0 aliphatic rings. The predicted octanol–water partition coefficient (Wildman–Crippen LogP) is 6.45. The van der Waals surface area contributed by atoms with E-state index < -0.39 is 5.92 Å². The molecule has 0 aromatic heterocycles. The Kier molecular flexibility index (Phi) is 7.63. The fraction of sp³-hybridized carbons (Fsp3) is 0.129. The lowest BCUT2D eigenvalue weighted by Crippen LogP contribution is -2.33. The zero-order valence-corrected chi connectivity index (χ0v) is 20.0. The molecule has 0 spiro atoms. The Balaban J connectivity index is 1.73. The number of carbonyl (C=O) groups excluding carboxylic acids is 2. The maximum Gasteiger partial charge on any atom is 0.273 e. The third kappa shape index (κ3) is 5.98. The number of aryl methyl sites for hydroxylation is 2. The summed E-state index contributed by atoms with van der Waals surface area (Å²) in [6, 6.07) is 34.0. The molecule has 1 unspecified atom stereocenters. The average Bonchev–Trinajstić information content (AvgIpc) is 2.91. The van der Waals surface area contributed by atoms with Crippen molar-refractivity contribution in [2.24, 2.45) is 5.10 Å². The first-order valence-corrected chi connectivity index (χ1v) is 11.7. The highest BCUT2D eigenvalue weighted by Crippen LogP contribution is 2.25. The molecule has 174 valence electrons. The molecule has 0 saturated carbocycles. The number of rotatable bonds is 8. The molecule has 4 aromatic rings. The molecule has 0 saturated heterocycles. The third-order valence-corrected chi connectivity index (χ3v) is 6.07. The lowest BCUT2D eigenvalue weighted by molar-refractivity contribution is 0.0736. The fourth-order valence-corrected chi connectivity index (χ4v) is 3.88. The zero-order chi connectivity index (χ0) is 24.6. The predicted molar refractivity (Wildman–Crippen MR) is 141 cm³/mol. The summed E-state index contributed by atoms with van der Waals surface area (Å²) in [4.78, 5) is 27.3. The van der Waals surface area contributed by atoms with Crippen molar-refractivity contribution in [2.75, 3.05) is 6.54 Å². The highest BCUT2D eigenvalue weighted by molar-refractivity contribution is 6.02. The Hall–Kier alpha value is -4.31. The SMILES string of the molecule is Cc1ccc(C(=O)C(CN(N=Cc2ccccc2)C(=O)c2ccccc2)c2ccccc2)cc1C. The molecule has 0 fully saturated rings. The van der Waals surface area contributed by atoms with Gasteiger partial charge in [0, 0.05) is 11.1 Å². The van der Waals surface area contributed by atoms with Gasteiger partial charge in [-0.15, -0.1) is 0 Å². The second kappa shape index (κ2) is 11.2. The van der Waals surface area contributed by atoms with E-state index in [1.807, 2.05) is 111 Å². The highest BCUT2D eigenvalue weighted by Gasteiger charge is 2.27. The second-order valence-electron chi connectivity index (χ2n) is 8.54. The van der Waals surface area contributed by atoms with E-state index in [1.54, 1.807) is 18.3 Å². The molecule has 35 heavy (non-hydrogen) atoms. The molecule has 4 heteroatoms. The van der Waals surface area contributed by atoms with Gasteiger partial charge in [0.1, 0.15) is 0 Å². The third-order valence-electron chi connectivity index (χ3n) is 6.07. The topological polar surface area (TPSA) is 49.7 Å². The number of Topliss-reactive ketones (excluding diaryl/α,β-unsaturated/α-hetero) is 1. The van der Waals surface area contributed by atoms with Crippen molar-refractivity contribution in [3.05, 3.63) is 143 Å². The van der Waals surface area contributed by atoms with Gasteiger partial charge in [0.2, 0.25) is 0 Å². The largest absolute Gasteiger partial charge is 0.293 e. The number of hydrogen-bond donors (Lipinski definition) is 0. The molecule has 1 amide bonds. The maximum absolute atomic E-state index is 13.8. The Labute approximate surface area is 206 Å². The Morgan fingerprint density at radius 1 is 0.743 bits per heavy atom. The normalized spacial score (nSPS) is 11.8. The smallest absolute Gasteiger partial charge is 0.273 e. The highest BCUT2D eigenvalue weighted by atomic mass is 16.2. The first-order chi connectivity index (χ1) is 17.0. The number of carbonyl (C=O) groups is 2. The van der Waals surface area contributed by atoms with Crippen molar-refractivity contribution >= 4 is 17.9 Å². The average molecular weight is 461 g/mol. The summed E-state index contributed by atoms with van der Waals surface area (Å²) in [5.41, 5.74) is 5.05. The Bertz CT molecular complexity index is 1320. The summed E-state index contributed by atoms with van der Waals surface area (Å²) in [5, 5.41) is 5.95. The number of hydrazone groups is 1. The van der Waals surface area contributed by atoms with Crippen molar-refractivity contribution < 1.29 is 9.59 Å². The van der Waals surface area contributed by atoms with Gasteiger partial charge in [0.05, 0.1) is 18.7 Å². The lowest BCUT2D eigenvalue weighted by Gasteiger charge is -2.24. The van der Waals surface area contributed by atoms with Crippen LogP contribution in [0, 0.1) is 13.8 Å². The monoisotopic (exact) mass is 460 g/mol. The first kappa shape index (κ1) is 23.8. The second-order valence-corrected chi connectivity index (χ2v) is 8.54. The summed E-state index contributed by atoms with van der Waals surface area (Å²) in [6.07, 6.45) is 1.66. The van der Waals surface area contributed by atoms with Crippen molar-refractivity contribution in [1.29, 1.82) is 0 Å². The van der Waals surface area contributed by atoms with Gasteiger partial charge in [-0.05, 0) is 54.3 Å². The lowest BCUT2D eigenvalue weighted by atomic mass is 9.89. The molecule has 0 aliphatic heterocycles. The van der Waals surface area contributed by atoms with E-state index in [2.05, 4.69) is 5.10 Å². The van der Waals surface area contributed by atoms with Crippen molar-refractivity contribution in [1.82, 2.24) is 5.01 Å². The van der Waals surface area contributed by atoms with Gasteiger partial charge in [0.25, 0.3) is 5.91 Å². The molecule has 1 atom stereocenters. The van der Waals surface area contributed by atoms with Crippen LogP contribution in [0.2, 0.25) is 0 Å². The molecule has 0 bridgehead atoms. The van der Waals surface area contributed by atoms with Crippen LogP contribution in [-0.4, -0.2) is 29.5 Å². The Morgan fingerprint density at radius 2 is 1.34 bits per heavy atom. The van der Waals surface area contributed by atoms with Crippen LogP contribution in [0.1, 0.15) is 48.9 Å². The van der Waals surface area contributed by atoms with E-state index in [1.165, 1.54) is 5.01 Å². The molecule has 4 nitrogen and oxygen atoms in total. The van der Waals surface area contributed by atoms with Crippen molar-refractivity contribution in [3.8, 4) is 0 Å². The minimum Gasteiger partial charge on any atom is -0.293 e. The first-order valence-electron chi connectivity index (χ1n) is 11.7. The minimum atomic E-state index is -0.570. The van der Waals surface area contributed by atoms with E-state index in [4.69, 9.17) is 0 Å². The van der Waals surface area contributed by atoms with Crippen LogP contribution >= 0.6 is 0 Å². The summed E-state index contributed by atoms with van der Waals surface area (Å²) in [6.45, 7) is 4.14. The van der Waals surface area contributed by atoms with Crippen LogP contribution in [0.5, 0.6) is 0 Å². The molecule has 0 N–H and O–H groups in total. The van der Waals surface area contributed by atoms with Gasteiger partial charge in [-0.25, -0.2) is 5.01 Å². The van der Waals surface area contributed by atoms with E-state index in [0.717, 1.165) is 22.3 Å². The summed E-state index contributed by atoms with van der Waals surface area (Å²) in [5.74, 6) is -0.870. The Morgan fingerprint density at radius 3 is 1.97 bits per heavy atom. The van der Waals surface area contributed by atoms with Crippen molar-refractivity contribution in [3.63, 3.8) is 0 Å². The molecule has 0 heterocycles.